The van der Waals surface area contributed by atoms with Crippen LogP contribution < -0.4 is 4.74 Å². The van der Waals surface area contributed by atoms with Crippen LogP contribution in [0.4, 0.5) is 35.1 Å². The minimum absolute atomic E-state index is 0.0962. The lowest BCUT2D eigenvalue weighted by atomic mass is 9.99. The molecule has 0 heterocycles. The minimum atomic E-state index is -4.37. The second-order valence-electron chi connectivity index (χ2n) is 10.2. The molecule has 0 amide bonds. The van der Waals surface area contributed by atoms with Crippen molar-refractivity contribution < 1.29 is 39.9 Å². The van der Waals surface area contributed by atoms with Gasteiger partial charge in [-0.1, -0.05) is 61.9 Å². The van der Waals surface area contributed by atoms with Crippen molar-refractivity contribution in [1.82, 2.24) is 0 Å². The second kappa shape index (κ2) is 12.5. The van der Waals surface area contributed by atoms with E-state index >= 15 is 8.78 Å². The Balaban J connectivity index is 1.33. The molecule has 0 spiro atoms. The Kier molecular flexibility index (Phi) is 8.76. The number of unbranched alkanes of at least 4 members (excludes halogenated alkanes) is 1. The highest BCUT2D eigenvalue weighted by atomic mass is 19.3. The molecule has 0 bridgehead atoms. The van der Waals surface area contributed by atoms with E-state index in [1.165, 1.54) is 24.3 Å². The van der Waals surface area contributed by atoms with Crippen molar-refractivity contribution in [2.75, 3.05) is 0 Å². The van der Waals surface area contributed by atoms with E-state index < -0.39 is 52.3 Å². The fourth-order valence-electron chi connectivity index (χ4n) is 4.82. The van der Waals surface area contributed by atoms with Crippen LogP contribution in [-0.4, -0.2) is 0 Å². The molecule has 0 aliphatic carbocycles. The lowest BCUT2D eigenvalue weighted by molar-refractivity contribution is -0.189. The van der Waals surface area contributed by atoms with Gasteiger partial charge in [0.2, 0.25) is 0 Å². The van der Waals surface area contributed by atoms with Gasteiger partial charge in [-0.15, -0.1) is 0 Å². The number of benzene rings is 5. The normalized spacial score (nSPS) is 11.6. The molecule has 0 radical (unpaired) electrons. The maximum atomic E-state index is 15.0. The highest BCUT2D eigenvalue weighted by Crippen LogP contribution is 2.38. The van der Waals surface area contributed by atoms with Crippen LogP contribution in [0.1, 0.15) is 30.9 Å². The van der Waals surface area contributed by atoms with Gasteiger partial charge in [-0.3, -0.25) is 0 Å². The summed E-state index contributed by atoms with van der Waals surface area (Å²) in [5, 5.41) is 0. The second-order valence-corrected chi connectivity index (χ2v) is 10.2. The third-order valence-corrected chi connectivity index (χ3v) is 7.14. The zero-order chi connectivity index (χ0) is 31.6. The number of alkyl halides is 2. The van der Waals surface area contributed by atoms with E-state index in [1.54, 1.807) is 12.1 Å². The van der Waals surface area contributed by atoms with Gasteiger partial charge in [0.25, 0.3) is 0 Å². The van der Waals surface area contributed by atoms with Gasteiger partial charge < -0.3 is 4.74 Å². The molecule has 0 unspecified atom stereocenters. The number of aryl methyl sites for hydroxylation is 1. The highest BCUT2D eigenvalue weighted by Gasteiger charge is 2.41. The fraction of sp³-hybridized carbons (Fsp3) is 0.143. The predicted octanol–water partition coefficient (Wildman–Crippen LogP) is 11.0. The lowest BCUT2D eigenvalue weighted by Crippen LogP contribution is -2.25. The number of ether oxygens (including phenoxy) is 1. The van der Waals surface area contributed by atoms with E-state index in [0.717, 1.165) is 55.2 Å². The van der Waals surface area contributed by atoms with Crippen molar-refractivity contribution in [1.29, 1.82) is 0 Å². The Hall–Kier alpha value is -4.66. The summed E-state index contributed by atoms with van der Waals surface area (Å²) in [7, 11) is 0. The van der Waals surface area contributed by atoms with Crippen molar-refractivity contribution >= 4 is 0 Å². The Morgan fingerprint density at radius 2 is 1.05 bits per heavy atom. The Morgan fingerprint density at radius 3 is 1.61 bits per heavy atom. The first-order valence-corrected chi connectivity index (χ1v) is 13.7. The summed E-state index contributed by atoms with van der Waals surface area (Å²) < 4.78 is 120. The number of halogens is 8. The number of rotatable bonds is 9. The standard InChI is InChI=1S/C35H24F8O/c1-2-3-4-20-5-7-22(8-6-20)24-16-29(37)33(30(38)17-24)35(42,43)44-26-12-9-21(10-13-26)23-11-14-27(28(36)15-23)25-18-31(39)34(41)32(40)19-25/h5-19H,2-4H2,1H3. The van der Waals surface area contributed by atoms with Gasteiger partial charge in [-0.25, -0.2) is 26.3 Å². The molecule has 9 heteroatoms. The summed E-state index contributed by atoms with van der Waals surface area (Å²) in [6.07, 6.45) is -1.51. The summed E-state index contributed by atoms with van der Waals surface area (Å²) in [5.74, 6) is -8.87. The molecule has 0 aliphatic rings. The molecule has 5 aromatic carbocycles. The molecule has 44 heavy (non-hydrogen) atoms. The maximum absolute atomic E-state index is 15.0. The van der Waals surface area contributed by atoms with Crippen LogP contribution in [0.2, 0.25) is 0 Å². The van der Waals surface area contributed by atoms with Crippen molar-refractivity contribution in [3.8, 4) is 39.1 Å². The van der Waals surface area contributed by atoms with Gasteiger partial charge in [0.1, 0.15) is 28.8 Å². The molecule has 5 rings (SSSR count). The van der Waals surface area contributed by atoms with Gasteiger partial charge >= 0.3 is 6.11 Å². The van der Waals surface area contributed by atoms with Gasteiger partial charge in [0.05, 0.1) is 0 Å². The summed E-state index contributed by atoms with van der Waals surface area (Å²) >= 11 is 0. The first-order valence-electron chi connectivity index (χ1n) is 13.7. The van der Waals surface area contributed by atoms with Crippen LogP contribution in [0, 0.1) is 34.9 Å². The maximum Gasteiger partial charge on any atom is 0.432 e. The van der Waals surface area contributed by atoms with E-state index in [1.807, 2.05) is 12.1 Å². The topological polar surface area (TPSA) is 9.23 Å². The SMILES string of the molecule is CCCCc1ccc(-c2cc(F)c(C(F)(F)Oc3ccc(-c4ccc(-c5cc(F)c(F)c(F)c5)c(F)c4)cc3)c(F)c2)cc1. The van der Waals surface area contributed by atoms with Crippen LogP contribution in [0.3, 0.4) is 0 Å². The van der Waals surface area contributed by atoms with Crippen molar-refractivity contribution in [2.45, 2.75) is 32.3 Å². The van der Waals surface area contributed by atoms with Crippen molar-refractivity contribution in [2.24, 2.45) is 0 Å². The van der Waals surface area contributed by atoms with Crippen LogP contribution in [0.15, 0.2) is 91.0 Å². The molecule has 0 aromatic heterocycles. The Morgan fingerprint density at radius 1 is 0.545 bits per heavy atom. The molecule has 0 fully saturated rings. The molecule has 0 N–H and O–H groups in total. The average Bonchev–Trinajstić information content (AvgIpc) is 2.98. The largest absolute Gasteiger partial charge is 0.432 e. The summed E-state index contributed by atoms with van der Waals surface area (Å²) in [4.78, 5) is 0. The predicted molar refractivity (Wildman–Crippen MR) is 152 cm³/mol. The molecule has 0 aliphatic heterocycles. The molecule has 0 saturated heterocycles. The quantitative estimate of drug-likeness (QED) is 0.119. The first kappa shape index (κ1) is 30.8. The molecule has 5 aromatic rings. The van der Waals surface area contributed by atoms with Crippen molar-refractivity contribution in [3.05, 3.63) is 137 Å². The van der Waals surface area contributed by atoms with Gasteiger partial charge in [0, 0.05) is 5.56 Å². The highest BCUT2D eigenvalue weighted by molar-refractivity contribution is 5.71. The van der Waals surface area contributed by atoms with Gasteiger partial charge in [-0.05, 0) is 88.7 Å². The Labute approximate surface area is 248 Å². The van der Waals surface area contributed by atoms with Crippen LogP contribution in [0.5, 0.6) is 5.75 Å². The molecule has 0 atom stereocenters. The fourth-order valence-corrected chi connectivity index (χ4v) is 4.82. The molecular weight excluding hydrogens is 588 g/mol. The average molecular weight is 613 g/mol. The van der Waals surface area contributed by atoms with E-state index in [-0.39, 0.29) is 22.3 Å². The third-order valence-electron chi connectivity index (χ3n) is 7.14. The van der Waals surface area contributed by atoms with Gasteiger partial charge in [-0.2, -0.15) is 8.78 Å². The van der Waals surface area contributed by atoms with Crippen LogP contribution >= 0.6 is 0 Å². The first-order chi connectivity index (χ1) is 21.0. The van der Waals surface area contributed by atoms with E-state index in [2.05, 4.69) is 11.7 Å². The summed E-state index contributed by atoms with van der Waals surface area (Å²) in [6, 6.07) is 18.5. The van der Waals surface area contributed by atoms with E-state index in [9.17, 15) is 26.3 Å². The minimum Gasteiger partial charge on any atom is -0.429 e. The van der Waals surface area contributed by atoms with E-state index in [0.29, 0.717) is 23.3 Å². The zero-order valence-electron chi connectivity index (χ0n) is 23.2. The molecule has 0 saturated carbocycles. The van der Waals surface area contributed by atoms with E-state index in [4.69, 9.17) is 0 Å². The van der Waals surface area contributed by atoms with Gasteiger partial charge in [0.15, 0.2) is 17.5 Å². The Bertz CT molecular complexity index is 1750. The summed E-state index contributed by atoms with van der Waals surface area (Å²) in [5.41, 5.74) is 0.295. The monoisotopic (exact) mass is 612 g/mol. The van der Waals surface area contributed by atoms with Crippen LogP contribution in [-0.2, 0) is 12.5 Å². The molecule has 1 nitrogen and oxygen atoms in total. The zero-order valence-corrected chi connectivity index (χ0v) is 23.2. The third kappa shape index (κ3) is 6.46. The summed E-state index contributed by atoms with van der Waals surface area (Å²) in [6.45, 7) is 2.06. The number of hydrogen-bond donors (Lipinski definition) is 0. The van der Waals surface area contributed by atoms with Crippen molar-refractivity contribution in [3.63, 3.8) is 0 Å². The lowest BCUT2D eigenvalue weighted by Gasteiger charge is -2.20. The number of hydrogen-bond acceptors (Lipinski definition) is 1. The molecule has 226 valence electrons. The van der Waals surface area contributed by atoms with Crippen LogP contribution in [0.25, 0.3) is 33.4 Å². The smallest absolute Gasteiger partial charge is 0.429 e. The molecular formula is C35H24F8O.